The summed E-state index contributed by atoms with van der Waals surface area (Å²) in [6.45, 7) is 4.50. The number of methoxy groups -OCH3 is 1. The highest BCUT2D eigenvalue weighted by Crippen LogP contribution is 2.33. The molecule has 1 amide bonds. The Labute approximate surface area is 142 Å². The minimum Gasteiger partial charge on any atom is -0.465 e. The molecule has 0 bridgehead atoms. The molecule has 5 nitrogen and oxygen atoms in total. The standard InChI is InChI=1S/C17H17F3N2O3/c1-8-5-6-11(7-12(8)17(18,19)20)22-15(23)14-9(2)13(10(3)21-14)16(24)25-4/h5-7,21H,1-4H3,(H,22,23). The highest BCUT2D eigenvalue weighted by Gasteiger charge is 2.32. The van der Waals surface area contributed by atoms with Crippen molar-refractivity contribution < 1.29 is 27.5 Å². The number of hydrogen-bond donors (Lipinski definition) is 2. The van der Waals surface area contributed by atoms with Crippen LogP contribution in [0.1, 0.15) is 43.2 Å². The van der Waals surface area contributed by atoms with E-state index in [2.05, 4.69) is 15.0 Å². The van der Waals surface area contributed by atoms with E-state index in [1.807, 2.05) is 0 Å². The number of H-pyrrole nitrogens is 1. The Morgan fingerprint density at radius 3 is 2.36 bits per heavy atom. The van der Waals surface area contributed by atoms with Gasteiger partial charge < -0.3 is 15.0 Å². The minimum atomic E-state index is -4.51. The Kier molecular flexibility index (Phi) is 4.92. The maximum absolute atomic E-state index is 13.0. The summed E-state index contributed by atoms with van der Waals surface area (Å²) in [7, 11) is 1.22. The fraction of sp³-hybridized carbons (Fsp3) is 0.294. The molecule has 0 atom stereocenters. The second-order valence-corrected chi connectivity index (χ2v) is 5.60. The number of aromatic amines is 1. The highest BCUT2D eigenvalue weighted by atomic mass is 19.4. The van der Waals surface area contributed by atoms with Crippen molar-refractivity contribution in [1.29, 1.82) is 0 Å². The third kappa shape index (κ3) is 3.67. The molecule has 8 heteroatoms. The van der Waals surface area contributed by atoms with E-state index in [0.717, 1.165) is 6.07 Å². The Morgan fingerprint density at radius 1 is 1.16 bits per heavy atom. The number of esters is 1. The first-order chi connectivity index (χ1) is 11.6. The van der Waals surface area contributed by atoms with Gasteiger partial charge in [-0.05, 0) is 44.0 Å². The van der Waals surface area contributed by atoms with E-state index in [9.17, 15) is 22.8 Å². The molecule has 1 heterocycles. The van der Waals surface area contributed by atoms with Crippen LogP contribution in [-0.2, 0) is 10.9 Å². The van der Waals surface area contributed by atoms with Crippen molar-refractivity contribution in [2.45, 2.75) is 26.9 Å². The number of halogens is 3. The van der Waals surface area contributed by atoms with Crippen molar-refractivity contribution >= 4 is 17.6 Å². The number of amides is 1. The fourth-order valence-electron chi connectivity index (χ4n) is 2.58. The van der Waals surface area contributed by atoms with E-state index in [1.54, 1.807) is 13.8 Å². The van der Waals surface area contributed by atoms with Crippen molar-refractivity contribution in [3.63, 3.8) is 0 Å². The SMILES string of the molecule is COC(=O)c1c(C)[nH]c(C(=O)Nc2ccc(C)c(C(F)(F)F)c2)c1C. The van der Waals surface area contributed by atoms with Gasteiger partial charge in [-0.25, -0.2) is 4.79 Å². The van der Waals surface area contributed by atoms with Crippen molar-refractivity contribution in [2.24, 2.45) is 0 Å². The number of nitrogens with one attached hydrogen (secondary N) is 2. The maximum atomic E-state index is 13.0. The van der Waals surface area contributed by atoms with Crippen LogP contribution in [-0.4, -0.2) is 24.0 Å². The van der Waals surface area contributed by atoms with Crippen LogP contribution >= 0.6 is 0 Å². The quantitative estimate of drug-likeness (QED) is 0.819. The van der Waals surface area contributed by atoms with E-state index >= 15 is 0 Å². The number of anilines is 1. The molecule has 0 fully saturated rings. The van der Waals surface area contributed by atoms with Crippen LogP contribution in [0.2, 0.25) is 0 Å². The number of aryl methyl sites for hydroxylation is 2. The molecule has 0 radical (unpaired) electrons. The molecule has 0 aliphatic carbocycles. The molecule has 2 aromatic rings. The normalized spacial score (nSPS) is 11.3. The van der Waals surface area contributed by atoms with E-state index in [4.69, 9.17) is 0 Å². The molecular formula is C17H17F3N2O3. The van der Waals surface area contributed by atoms with E-state index in [-0.39, 0.29) is 22.5 Å². The minimum absolute atomic E-state index is 0.00851. The van der Waals surface area contributed by atoms with Crippen LogP contribution in [0.5, 0.6) is 0 Å². The number of hydrogen-bond acceptors (Lipinski definition) is 3. The fourth-order valence-corrected chi connectivity index (χ4v) is 2.58. The number of ether oxygens (including phenoxy) is 1. The van der Waals surface area contributed by atoms with Gasteiger partial charge in [0.15, 0.2) is 0 Å². The van der Waals surface area contributed by atoms with Crippen LogP contribution in [0.25, 0.3) is 0 Å². The van der Waals surface area contributed by atoms with E-state index < -0.39 is 23.6 Å². The lowest BCUT2D eigenvalue weighted by Crippen LogP contribution is -2.15. The van der Waals surface area contributed by atoms with Crippen LogP contribution in [0.15, 0.2) is 18.2 Å². The molecule has 0 unspecified atom stereocenters. The average Bonchev–Trinajstić information content (AvgIpc) is 2.82. The molecule has 0 aliphatic rings. The van der Waals surface area contributed by atoms with E-state index in [1.165, 1.54) is 26.2 Å². The Morgan fingerprint density at radius 2 is 1.80 bits per heavy atom. The highest BCUT2D eigenvalue weighted by molar-refractivity contribution is 6.06. The number of alkyl halides is 3. The van der Waals surface area contributed by atoms with Gasteiger partial charge in [-0.2, -0.15) is 13.2 Å². The van der Waals surface area contributed by atoms with Gasteiger partial charge in [0.25, 0.3) is 5.91 Å². The summed E-state index contributed by atoms with van der Waals surface area (Å²) in [6.07, 6.45) is -4.51. The lowest BCUT2D eigenvalue weighted by molar-refractivity contribution is -0.138. The van der Waals surface area contributed by atoms with Crippen molar-refractivity contribution in [2.75, 3.05) is 12.4 Å². The van der Waals surface area contributed by atoms with Crippen LogP contribution in [0.4, 0.5) is 18.9 Å². The lowest BCUT2D eigenvalue weighted by atomic mass is 10.1. The Balaban J connectivity index is 2.34. The molecule has 1 aromatic heterocycles. The zero-order valence-corrected chi connectivity index (χ0v) is 14.1. The number of carbonyl (C=O) groups excluding carboxylic acids is 2. The van der Waals surface area contributed by atoms with Gasteiger partial charge in [0.05, 0.1) is 18.2 Å². The predicted octanol–water partition coefficient (Wildman–Crippen LogP) is 4.00. The second kappa shape index (κ2) is 6.62. The monoisotopic (exact) mass is 354 g/mol. The molecule has 0 saturated heterocycles. The first-order valence-corrected chi connectivity index (χ1v) is 7.33. The second-order valence-electron chi connectivity index (χ2n) is 5.60. The summed E-state index contributed by atoms with van der Waals surface area (Å²) in [4.78, 5) is 26.9. The number of rotatable bonds is 3. The third-order valence-electron chi connectivity index (χ3n) is 3.85. The summed E-state index contributed by atoms with van der Waals surface area (Å²) < 4.78 is 43.6. The zero-order valence-electron chi connectivity index (χ0n) is 14.1. The molecular weight excluding hydrogens is 337 g/mol. The first kappa shape index (κ1) is 18.6. The predicted molar refractivity (Wildman–Crippen MR) is 85.7 cm³/mol. The van der Waals surface area contributed by atoms with Gasteiger partial charge in [0.2, 0.25) is 0 Å². The first-order valence-electron chi connectivity index (χ1n) is 7.33. The number of benzene rings is 1. The molecule has 0 saturated carbocycles. The van der Waals surface area contributed by atoms with E-state index in [0.29, 0.717) is 11.3 Å². The van der Waals surface area contributed by atoms with Crippen molar-refractivity contribution in [3.05, 3.63) is 51.8 Å². The summed E-state index contributed by atoms with van der Waals surface area (Å²) in [6, 6.07) is 3.54. The summed E-state index contributed by atoms with van der Waals surface area (Å²) >= 11 is 0. The number of carbonyl (C=O) groups is 2. The summed E-state index contributed by atoms with van der Waals surface area (Å²) in [5.41, 5.74) is 0.374. The van der Waals surface area contributed by atoms with Gasteiger partial charge in [-0.15, -0.1) is 0 Å². The summed E-state index contributed by atoms with van der Waals surface area (Å²) in [5, 5.41) is 2.41. The van der Waals surface area contributed by atoms with Gasteiger partial charge in [-0.3, -0.25) is 4.79 Å². The topological polar surface area (TPSA) is 71.2 Å². The van der Waals surface area contributed by atoms with Gasteiger partial charge >= 0.3 is 12.1 Å². The smallest absolute Gasteiger partial charge is 0.416 e. The number of aromatic nitrogens is 1. The maximum Gasteiger partial charge on any atom is 0.416 e. The van der Waals surface area contributed by atoms with Gasteiger partial charge in [0, 0.05) is 11.4 Å². The zero-order chi connectivity index (χ0) is 18.9. The lowest BCUT2D eigenvalue weighted by Gasteiger charge is -2.12. The van der Waals surface area contributed by atoms with Crippen molar-refractivity contribution in [1.82, 2.24) is 4.98 Å². The average molecular weight is 354 g/mol. The van der Waals surface area contributed by atoms with Gasteiger partial charge in [0.1, 0.15) is 5.69 Å². The van der Waals surface area contributed by atoms with Crippen LogP contribution in [0.3, 0.4) is 0 Å². The molecule has 134 valence electrons. The molecule has 1 aromatic carbocycles. The molecule has 2 rings (SSSR count). The van der Waals surface area contributed by atoms with Gasteiger partial charge in [-0.1, -0.05) is 6.07 Å². The molecule has 0 aliphatic heterocycles. The largest absolute Gasteiger partial charge is 0.465 e. The van der Waals surface area contributed by atoms with Crippen LogP contribution in [0, 0.1) is 20.8 Å². The van der Waals surface area contributed by atoms with Crippen molar-refractivity contribution in [3.8, 4) is 0 Å². The summed E-state index contributed by atoms with van der Waals surface area (Å²) in [5.74, 6) is -1.24. The Bertz CT molecular complexity index is 838. The Hall–Kier alpha value is -2.77. The van der Waals surface area contributed by atoms with Crippen LogP contribution < -0.4 is 5.32 Å². The third-order valence-corrected chi connectivity index (χ3v) is 3.85. The molecule has 2 N–H and O–H groups in total. The molecule has 0 spiro atoms. The molecule has 25 heavy (non-hydrogen) atoms.